The molecule has 2 aromatic heterocycles. The number of hydrogen-bond donors (Lipinski definition) is 4. The predicted molar refractivity (Wildman–Crippen MR) is 213 cm³/mol. The van der Waals surface area contributed by atoms with Crippen molar-refractivity contribution in [3.63, 3.8) is 0 Å². The first-order valence-electron chi connectivity index (χ1n) is 19.6. The van der Waals surface area contributed by atoms with Crippen LogP contribution in [-0.4, -0.2) is 83.9 Å². The molecule has 2 aliphatic carbocycles. The van der Waals surface area contributed by atoms with Gasteiger partial charge in [-0.05, 0) is 97.9 Å². The van der Waals surface area contributed by atoms with Gasteiger partial charge in [-0.15, -0.1) is 0 Å². The number of aromatic amines is 1. The van der Waals surface area contributed by atoms with Crippen molar-refractivity contribution in [3.05, 3.63) is 87.7 Å². The maximum absolute atomic E-state index is 14.0. The van der Waals surface area contributed by atoms with Crippen LogP contribution in [0.3, 0.4) is 0 Å². The molecule has 3 heterocycles. The Morgan fingerprint density at radius 3 is 2.67 bits per heavy atom. The van der Waals surface area contributed by atoms with Crippen LogP contribution < -0.4 is 21.7 Å². The number of nitriles is 1. The fourth-order valence-electron chi connectivity index (χ4n) is 8.73. The van der Waals surface area contributed by atoms with Crippen molar-refractivity contribution >= 4 is 40.0 Å². The number of benzene rings is 2. The molecule has 2 amide bonds. The Bertz CT molecular complexity index is 2140. The summed E-state index contributed by atoms with van der Waals surface area (Å²) in [7, 11) is 0. The highest BCUT2D eigenvalue weighted by Crippen LogP contribution is 2.46. The van der Waals surface area contributed by atoms with Gasteiger partial charge in [0.25, 0.3) is 0 Å². The van der Waals surface area contributed by atoms with Crippen molar-refractivity contribution < 1.29 is 19.1 Å². The van der Waals surface area contributed by atoms with E-state index in [4.69, 9.17) is 16.2 Å². The average Bonchev–Trinajstić information content (AvgIpc) is 3.81. The van der Waals surface area contributed by atoms with E-state index in [-0.39, 0.29) is 36.2 Å². The minimum atomic E-state index is -0.572. The Kier molecular flexibility index (Phi) is 11.0. The van der Waals surface area contributed by atoms with E-state index in [1.807, 2.05) is 29.2 Å². The highest BCUT2D eigenvalue weighted by Gasteiger charge is 2.41. The number of nitrogens with zero attached hydrogens (tertiary/aromatic N) is 4. The van der Waals surface area contributed by atoms with E-state index in [9.17, 15) is 19.6 Å². The number of pyridine rings is 1. The van der Waals surface area contributed by atoms with Crippen LogP contribution in [0.4, 0.5) is 11.5 Å². The Balaban J connectivity index is 0.884. The molecule has 12 heteroatoms. The molecule has 55 heavy (non-hydrogen) atoms. The summed E-state index contributed by atoms with van der Waals surface area (Å²) in [5, 5.41) is 13.4. The van der Waals surface area contributed by atoms with E-state index in [0.717, 1.165) is 83.1 Å². The van der Waals surface area contributed by atoms with Gasteiger partial charge in [-0.25, -0.2) is 4.98 Å². The quantitative estimate of drug-likeness (QED) is 0.159. The predicted octanol–water partition coefficient (Wildman–Crippen LogP) is 4.75. The second kappa shape index (κ2) is 15.8. The van der Waals surface area contributed by atoms with Crippen molar-refractivity contribution in [1.82, 2.24) is 20.2 Å². The van der Waals surface area contributed by atoms with Crippen molar-refractivity contribution in [1.29, 1.82) is 5.26 Å². The molecule has 3 aliphatic rings. The van der Waals surface area contributed by atoms with Crippen LogP contribution in [-0.2, 0) is 32.6 Å². The zero-order valence-electron chi connectivity index (χ0n) is 32.1. The number of nitrogens with one attached hydrogen (secondary N) is 2. The summed E-state index contributed by atoms with van der Waals surface area (Å²) in [5.74, 6) is 0.667. The van der Waals surface area contributed by atoms with Crippen molar-refractivity contribution in [2.24, 2.45) is 11.7 Å². The van der Waals surface area contributed by atoms with Crippen molar-refractivity contribution in [2.45, 2.75) is 83.2 Å². The number of aromatic nitrogens is 2. The third kappa shape index (κ3) is 7.68. The fourth-order valence-corrected chi connectivity index (χ4v) is 8.73. The van der Waals surface area contributed by atoms with Crippen molar-refractivity contribution in [3.8, 4) is 6.07 Å². The number of aryl methyl sites for hydroxylation is 2. The zero-order chi connectivity index (χ0) is 38.9. The summed E-state index contributed by atoms with van der Waals surface area (Å²) < 4.78 is 5.94. The molecule has 1 saturated heterocycles. The summed E-state index contributed by atoms with van der Waals surface area (Å²) in [6, 6.07) is 15.2. The molecule has 288 valence electrons. The fraction of sp³-hybridized carbons (Fsp3) is 0.465. The maximum atomic E-state index is 14.0. The number of nitrogens with two attached hydrogens (primary N) is 2. The molecular formula is C43H52N8O4. The second-order valence-electron chi connectivity index (χ2n) is 15.9. The number of anilines is 2. The molecule has 12 nitrogen and oxygen atoms in total. The minimum absolute atomic E-state index is 0.00837. The molecule has 0 unspecified atom stereocenters. The van der Waals surface area contributed by atoms with Crippen LogP contribution in [0.1, 0.15) is 96.7 Å². The topological polar surface area (TPSA) is 183 Å². The number of H-pyrrole nitrogens is 1. The third-order valence-corrected chi connectivity index (χ3v) is 12.0. The number of carbonyl (C=O) groups is 3. The lowest BCUT2D eigenvalue weighted by atomic mass is 9.70. The lowest BCUT2D eigenvalue weighted by Crippen LogP contribution is -2.50. The Labute approximate surface area is 322 Å². The molecule has 7 rings (SSSR count). The van der Waals surface area contributed by atoms with Gasteiger partial charge in [-0.2, -0.15) is 5.26 Å². The molecule has 0 spiro atoms. The van der Waals surface area contributed by atoms with E-state index in [2.05, 4.69) is 59.2 Å². The summed E-state index contributed by atoms with van der Waals surface area (Å²) in [6.45, 7) is 9.47. The Hall–Kier alpha value is -5.25. The molecule has 4 aromatic rings. The normalized spacial score (nSPS) is 19.5. The molecule has 6 N–H and O–H groups in total. The van der Waals surface area contributed by atoms with Gasteiger partial charge < -0.3 is 36.3 Å². The minimum Gasteiger partial charge on any atom is -0.383 e. The SMILES string of the molecule is CCc1cc2c(cc1N1CCN(C(=O)COC[C@@H]3CC[C@@H](NC(=O)[C@@H](N)CCCc4cccnc4N)C3)CC1)C(C)(C)c1[nH]c3cc(C#N)ccc3c1C2=O. The molecule has 2 fully saturated rings. The standard InChI is InChI=1S/C43H52N8O4/c1-4-28-21-32-33(43(2,3)40-38(39(32)53)31-13-11-26(23-44)20-35(31)49-40)22-36(28)50-15-17-51(18-16-50)37(52)25-55-24-27-10-12-30(19-27)48-42(54)34(45)9-5-7-29-8-6-14-47-41(29)46/h6,8,11,13-14,20-22,27,30,34,49H,4-5,7,9-10,12,15-19,24-25,45H2,1-3H3,(H2,46,47)(H,48,54)/t27-,30-,34+/m1/s1. The number of rotatable bonds is 12. The average molecular weight is 745 g/mol. The van der Waals surface area contributed by atoms with Gasteiger partial charge in [0.15, 0.2) is 5.78 Å². The smallest absolute Gasteiger partial charge is 0.248 e. The molecular weight excluding hydrogens is 693 g/mol. The van der Waals surface area contributed by atoms with E-state index >= 15 is 0 Å². The number of ether oxygens (including phenoxy) is 1. The molecule has 2 aromatic carbocycles. The summed E-state index contributed by atoms with van der Waals surface area (Å²) in [6.07, 6.45) is 7.10. The van der Waals surface area contributed by atoms with Crippen LogP contribution in [0.5, 0.6) is 0 Å². The van der Waals surface area contributed by atoms with Gasteiger partial charge in [0.2, 0.25) is 11.8 Å². The number of nitrogen functional groups attached to an aromatic ring is 1. The van der Waals surface area contributed by atoms with Crippen LogP contribution in [0.15, 0.2) is 48.7 Å². The van der Waals surface area contributed by atoms with E-state index < -0.39 is 11.5 Å². The third-order valence-electron chi connectivity index (χ3n) is 12.0. The maximum Gasteiger partial charge on any atom is 0.248 e. The second-order valence-corrected chi connectivity index (χ2v) is 15.9. The summed E-state index contributed by atoms with van der Waals surface area (Å²) >= 11 is 0. The summed E-state index contributed by atoms with van der Waals surface area (Å²) in [5.41, 5.74) is 19.5. The van der Waals surface area contributed by atoms with Crippen LogP contribution >= 0.6 is 0 Å². The van der Waals surface area contributed by atoms with Crippen LogP contribution in [0, 0.1) is 17.2 Å². The lowest BCUT2D eigenvalue weighted by molar-refractivity contribution is -0.136. The number of amides is 2. The first-order valence-corrected chi connectivity index (χ1v) is 19.6. The van der Waals surface area contributed by atoms with Crippen molar-refractivity contribution in [2.75, 3.05) is 50.0 Å². The lowest BCUT2D eigenvalue weighted by Gasteiger charge is -2.39. The van der Waals surface area contributed by atoms with E-state index in [0.29, 0.717) is 56.2 Å². The van der Waals surface area contributed by atoms with Gasteiger partial charge in [-0.1, -0.05) is 32.9 Å². The first-order chi connectivity index (χ1) is 26.5. The highest BCUT2D eigenvalue weighted by molar-refractivity contribution is 6.20. The molecule has 1 aliphatic heterocycles. The molecule has 3 atom stereocenters. The van der Waals surface area contributed by atoms with E-state index in [1.54, 1.807) is 12.3 Å². The van der Waals surface area contributed by atoms with Gasteiger partial charge in [0.05, 0.1) is 29.8 Å². The van der Waals surface area contributed by atoms with E-state index in [1.165, 1.54) is 0 Å². The van der Waals surface area contributed by atoms with Crippen LogP contribution in [0.25, 0.3) is 10.9 Å². The summed E-state index contributed by atoms with van der Waals surface area (Å²) in [4.78, 5) is 51.8. The largest absolute Gasteiger partial charge is 0.383 e. The van der Waals surface area contributed by atoms with Gasteiger partial charge >= 0.3 is 0 Å². The van der Waals surface area contributed by atoms with Crippen LogP contribution in [0.2, 0.25) is 0 Å². The molecule has 1 saturated carbocycles. The number of piperazine rings is 1. The number of carbonyl (C=O) groups excluding carboxylic acids is 3. The number of ketones is 1. The first kappa shape index (κ1) is 38.0. The van der Waals surface area contributed by atoms with Gasteiger partial charge in [0, 0.05) is 71.7 Å². The number of fused-ring (bicyclic) bond motifs is 4. The number of hydrogen-bond acceptors (Lipinski definition) is 9. The zero-order valence-corrected chi connectivity index (χ0v) is 32.1. The Morgan fingerprint density at radius 2 is 1.93 bits per heavy atom. The highest BCUT2D eigenvalue weighted by atomic mass is 16.5. The molecule has 0 radical (unpaired) electrons. The Morgan fingerprint density at radius 1 is 1.13 bits per heavy atom. The van der Waals surface area contributed by atoms with Gasteiger partial charge in [0.1, 0.15) is 12.4 Å². The van der Waals surface area contributed by atoms with Gasteiger partial charge in [-0.3, -0.25) is 14.4 Å². The monoisotopic (exact) mass is 744 g/mol. The molecule has 0 bridgehead atoms.